The van der Waals surface area contributed by atoms with Crippen LogP contribution in [0.15, 0.2) is 35.4 Å². The number of carbonyl (C=O) groups is 3. The topological polar surface area (TPSA) is 123 Å². The Bertz CT molecular complexity index is 1950. The number of hydrogen-bond donors (Lipinski definition) is 2. The molecular weight excluding hydrogens is 736 g/mol. The van der Waals surface area contributed by atoms with Gasteiger partial charge in [-0.3, -0.25) is 14.4 Å². The first-order valence-corrected chi connectivity index (χ1v) is 22.1. The summed E-state index contributed by atoms with van der Waals surface area (Å²) in [6.07, 6.45) is 9.07. The van der Waals surface area contributed by atoms with Gasteiger partial charge in [0, 0.05) is 47.3 Å². The van der Waals surface area contributed by atoms with Gasteiger partial charge in [0.2, 0.25) is 0 Å². The standard InChI is InChI=1S/C47H67ClN4O5/c1-28(2)38-32(53)25-47(26-36-50-51-40(52(36)24-23-49-10)29-11-13-30(48)14-12-29)22-21-45(8)31(39(38)47)15-16-34-44(7)19-18-35(57-37(54)27-42(3,4)41(55)56)43(5,6)33(44)17-20-46(34,45)9/h11-14,28,31,33-35,49H,15-27H2,1-10H3,(H,55,56)/t31-,33+,34-,35+,44+,45-,46-,47+/m1/s1. The quantitative estimate of drug-likeness (QED) is 0.215. The van der Waals surface area contributed by atoms with Gasteiger partial charge in [0.25, 0.3) is 0 Å². The van der Waals surface area contributed by atoms with E-state index in [9.17, 15) is 19.5 Å². The number of Topliss-reactive ketones (excluding diaryl/α,β-unsaturated/α-hetero) is 1. The van der Waals surface area contributed by atoms with Crippen molar-refractivity contribution in [3.05, 3.63) is 46.3 Å². The molecule has 4 fully saturated rings. The van der Waals surface area contributed by atoms with Gasteiger partial charge >= 0.3 is 11.9 Å². The molecule has 57 heavy (non-hydrogen) atoms. The van der Waals surface area contributed by atoms with Crippen LogP contribution in [0.4, 0.5) is 0 Å². The van der Waals surface area contributed by atoms with Crippen molar-refractivity contribution < 1.29 is 24.2 Å². The summed E-state index contributed by atoms with van der Waals surface area (Å²) in [6.45, 7) is 21.4. The van der Waals surface area contributed by atoms with E-state index >= 15 is 0 Å². The molecule has 9 nitrogen and oxygen atoms in total. The van der Waals surface area contributed by atoms with Crippen LogP contribution >= 0.6 is 11.6 Å². The zero-order chi connectivity index (χ0) is 41.5. The van der Waals surface area contributed by atoms with Crippen molar-refractivity contribution in [1.82, 2.24) is 20.1 Å². The first-order valence-electron chi connectivity index (χ1n) is 21.7. The maximum atomic E-state index is 14.4. The van der Waals surface area contributed by atoms with Crippen molar-refractivity contribution in [2.24, 2.45) is 56.2 Å². The van der Waals surface area contributed by atoms with Gasteiger partial charge in [0.1, 0.15) is 11.9 Å². The van der Waals surface area contributed by atoms with Gasteiger partial charge in [-0.25, -0.2) is 0 Å². The van der Waals surface area contributed by atoms with E-state index in [4.69, 9.17) is 26.5 Å². The molecule has 2 aromatic rings. The van der Waals surface area contributed by atoms with Crippen LogP contribution in [-0.2, 0) is 32.1 Å². The number of benzene rings is 1. The number of carbonyl (C=O) groups excluding carboxylic acids is 2. The lowest BCUT2D eigenvalue weighted by molar-refractivity contribution is -0.233. The number of nitrogens with zero attached hydrogens (tertiary/aromatic N) is 3. The third-order valence-corrected chi connectivity index (χ3v) is 17.2. The Morgan fingerprint density at radius 3 is 2.32 bits per heavy atom. The molecule has 312 valence electrons. The number of aliphatic carboxylic acids is 1. The maximum Gasteiger partial charge on any atom is 0.309 e. The van der Waals surface area contributed by atoms with Crippen LogP contribution in [0.5, 0.6) is 0 Å². The Morgan fingerprint density at radius 1 is 0.965 bits per heavy atom. The second-order valence-corrected chi connectivity index (χ2v) is 21.5. The molecule has 0 radical (unpaired) electrons. The fraction of sp³-hybridized carbons (Fsp3) is 0.723. The third-order valence-electron chi connectivity index (χ3n) is 17.0. The summed E-state index contributed by atoms with van der Waals surface area (Å²) in [5.41, 5.74) is 2.01. The Kier molecular flexibility index (Phi) is 10.8. The summed E-state index contributed by atoms with van der Waals surface area (Å²) in [5, 5.41) is 23.3. The molecule has 5 aliphatic rings. The number of ether oxygens (including phenoxy) is 1. The number of likely N-dealkylation sites (N-methyl/N-ethyl adjacent to an activating group) is 1. The minimum Gasteiger partial charge on any atom is -0.481 e. The van der Waals surface area contributed by atoms with Crippen LogP contribution in [-0.4, -0.2) is 57.3 Å². The fourth-order valence-corrected chi connectivity index (χ4v) is 13.9. The molecule has 0 spiro atoms. The van der Waals surface area contributed by atoms with Crippen molar-refractivity contribution >= 4 is 29.3 Å². The molecule has 5 aliphatic carbocycles. The van der Waals surface area contributed by atoms with Crippen LogP contribution in [0.1, 0.15) is 132 Å². The van der Waals surface area contributed by atoms with Crippen LogP contribution in [0.3, 0.4) is 0 Å². The molecule has 1 aromatic carbocycles. The van der Waals surface area contributed by atoms with E-state index in [1.54, 1.807) is 13.8 Å². The van der Waals surface area contributed by atoms with E-state index in [0.29, 0.717) is 41.4 Å². The van der Waals surface area contributed by atoms with Gasteiger partial charge in [0.05, 0.1) is 11.8 Å². The van der Waals surface area contributed by atoms with Crippen molar-refractivity contribution in [1.29, 1.82) is 0 Å². The van der Waals surface area contributed by atoms with E-state index < -0.39 is 17.4 Å². The highest BCUT2D eigenvalue weighted by Crippen LogP contribution is 2.77. The molecular formula is C47H67ClN4O5. The average Bonchev–Trinajstić information content (AvgIpc) is 3.66. The normalized spacial score (nSPS) is 34.7. The Morgan fingerprint density at radius 2 is 1.67 bits per heavy atom. The molecule has 8 atom stereocenters. The summed E-state index contributed by atoms with van der Waals surface area (Å²) < 4.78 is 8.47. The predicted octanol–water partition coefficient (Wildman–Crippen LogP) is 9.75. The lowest BCUT2D eigenvalue weighted by Crippen LogP contribution is -2.65. The van der Waals surface area contributed by atoms with Crippen LogP contribution in [0.25, 0.3) is 11.4 Å². The third kappa shape index (κ3) is 6.64. The highest BCUT2D eigenvalue weighted by atomic mass is 35.5. The molecule has 0 saturated heterocycles. The number of halogens is 1. The van der Waals surface area contributed by atoms with Gasteiger partial charge in [-0.05, 0) is 142 Å². The van der Waals surface area contributed by atoms with E-state index in [0.717, 1.165) is 87.2 Å². The van der Waals surface area contributed by atoms with Crippen molar-refractivity contribution in [3.8, 4) is 11.4 Å². The summed E-state index contributed by atoms with van der Waals surface area (Å²) in [7, 11) is 1.97. The summed E-state index contributed by atoms with van der Waals surface area (Å²) in [5.74, 6) is 2.08. The highest BCUT2D eigenvalue weighted by molar-refractivity contribution is 6.30. The molecule has 0 aliphatic heterocycles. The fourth-order valence-electron chi connectivity index (χ4n) is 13.8. The lowest BCUT2D eigenvalue weighted by Gasteiger charge is -2.72. The summed E-state index contributed by atoms with van der Waals surface area (Å²) in [4.78, 5) is 39.3. The predicted molar refractivity (Wildman–Crippen MR) is 223 cm³/mol. The maximum absolute atomic E-state index is 14.4. The first-order chi connectivity index (χ1) is 26.6. The monoisotopic (exact) mass is 802 g/mol. The number of ketones is 1. The first kappa shape index (κ1) is 42.1. The number of rotatable bonds is 11. The van der Waals surface area contributed by atoms with Crippen LogP contribution in [0, 0.1) is 56.2 Å². The van der Waals surface area contributed by atoms with Gasteiger partial charge in [0.15, 0.2) is 11.6 Å². The number of nitrogens with one attached hydrogen (secondary N) is 1. The van der Waals surface area contributed by atoms with Crippen LogP contribution in [0.2, 0.25) is 5.02 Å². The smallest absolute Gasteiger partial charge is 0.309 e. The molecule has 2 N–H and O–H groups in total. The van der Waals surface area contributed by atoms with Crippen molar-refractivity contribution in [3.63, 3.8) is 0 Å². The van der Waals surface area contributed by atoms with Gasteiger partial charge in [-0.15, -0.1) is 10.2 Å². The minimum atomic E-state index is -1.16. The van der Waals surface area contributed by atoms with Gasteiger partial charge in [-0.2, -0.15) is 0 Å². The highest BCUT2D eigenvalue weighted by Gasteiger charge is 2.70. The number of carboxylic acids is 1. The van der Waals surface area contributed by atoms with Crippen LogP contribution < -0.4 is 5.32 Å². The lowest BCUT2D eigenvalue weighted by atomic mass is 9.33. The summed E-state index contributed by atoms with van der Waals surface area (Å²) >= 11 is 6.27. The zero-order valence-corrected chi connectivity index (χ0v) is 36.9. The second kappa shape index (κ2) is 14.6. The van der Waals surface area contributed by atoms with Gasteiger partial charge in [-0.1, -0.05) is 65.6 Å². The van der Waals surface area contributed by atoms with E-state index in [1.165, 1.54) is 5.57 Å². The van der Waals surface area contributed by atoms with Crippen molar-refractivity contribution in [2.45, 2.75) is 146 Å². The van der Waals surface area contributed by atoms with E-state index in [-0.39, 0.29) is 45.5 Å². The molecule has 10 heteroatoms. The molecule has 1 heterocycles. The number of hydrogen-bond acceptors (Lipinski definition) is 7. The Hall–Kier alpha value is -3.04. The number of carboxylic acid groups (broad SMARTS) is 1. The van der Waals surface area contributed by atoms with E-state index in [2.05, 4.69) is 58.4 Å². The molecule has 1 aromatic heterocycles. The number of aromatic nitrogens is 3. The van der Waals surface area contributed by atoms with E-state index in [1.807, 2.05) is 31.3 Å². The number of fused-ring (bicyclic) bond motifs is 7. The summed E-state index contributed by atoms with van der Waals surface area (Å²) in [6, 6.07) is 7.82. The number of esters is 1. The van der Waals surface area contributed by atoms with Gasteiger partial charge < -0.3 is 19.7 Å². The second-order valence-electron chi connectivity index (χ2n) is 21.1. The van der Waals surface area contributed by atoms with Crippen molar-refractivity contribution in [2.75, 3.05) is 13.6 Å². The SMILES string of the molecule is CNCCn1c(C[C@@]23CC[C@]4(C)[C@H](CC[C@@H]5[C@@]6(C)CC[C@H](OC(=O)CC(C)(C)C(=O)O)C(C)(C)[C@@H]6CC[C@]54C)C2=C(C(C)C)C(=O)C3)nnc1-c1ccc(Cl)cc1. The molecule has 0 unspecified atom stereocenters. The average molecular weight is 804 g/mol. The number of allylic oxidation sites excluding steroid dienone is 2. The zero-order valence-electron chi connectivity index (χ0n) is 36.2. The molecule has 0 bridgehead atoms. The molecule has 4 saturated carbocycles. The molecule has 0 amide bonds. The Balaban J connectivity index is 1.20. The largest absolute Gasteiger partial charge is 0.481 e. The molecule has 7 rings (SSSR count). The Labute approximate surface area is 345 Å². The minimum absolute atomic E-state index is 0.0254.